The van der Waals surface area contributed by atoms with Crippen molar-refractivity contribution < 1.29 is 14.2 Å². The largest absolute Gasteiger partial charge is 0.493 e. The maximum absolute atomic E-state index is 6.06. The number of benzene rings is 1. The molecule has 0 atom stereocenters. The van der Waals surface area contributed by atoms with E-state index in [0.717, 1.165) is 57.4 Å². The molecule has 2 aliphatic heterocycles. The van der Waals surface area contributed by atoms with Crippen LogP contribution in [-0.4, -0.2) is 74.5 Å². The molecule has 1 aromatic rings. The maximum Gasteiger partial charge on any atom is 0.161 e. The van der Waals surface area contributed by atoms with Crippen molar-refractivity contribution in [3.8, 4) is 11.5 Å². The molecular formula is C18H28N2O3. The first-order chi connectivity index (χ1) is 11.1. The molecule has 0 aromatic heterocycles. The lowest BCUT2D eigenvalue weighted by Gasteiger charge is -2.47. The minimum absolute atomic E-state index is 0.180. The summed E-state index contributed by atoms with van der Waals surface area (Å²) in [6, 6.07) is 7.85. The average molecular weight is 320 g/mol. The number of hydrogen-bond donors (Lipinski definition) is 0. The fraction of sp³-hybridized carbons (Fsp3) is 0.667. The maximum atomic E-state index is 6.06. The molecule has 2 saturated heterocycles. The van der Waals surface area contributed by atoms with E-state index in [9.17, 15) is 0 Å². The van der Waals surface area contributed by atoms with E-state index in [4.69, 9.17) is 14.2 Å². The predicted molar refractivity (Wildman–Crippen MR) is 90.3 cm³/mol. The van der Waals surface area contributed by atoms with Crippen molar-refractivity contribution in [2.75, 3.05) is 53.0 Å². The van der Waals surface area contributed by atoms with Crippen molar-refractivity contribution in [3.05, 3.63) is 24.3 Å². The van der Waals surface area contributed by atoms with Gasteiger partial charge in [-0.2, -0.15) is 0 Å². The minimum Gasteiger partial charge on any atom is -0.493 e. The minimum atomic E-state index is 0.180. The van der Waals surface area contributed by atoms with Gasteiger partial charge in [-0.25, -0.2) is 0 Å². The Bertz CT molecular complexity index is 509. The Labute approximate surface area is 139 Å². The summed E-state index contributed by atoms with van der Waals surface area (Å²) in [7, 11) is 1.68. The van der Waals surface area contributed by atoms with Crippen LogP contribution in [-0.2, 0) is 4.74 Å². The second kappa shape index (κ2) is 7.07. The lowest BCUT2D eigenvalue weighted by atomic mass is 9.98. The SMILES string of the molecule is COc1ccccc1OC1CN(CC(C)(C)N2CCOCC2)C1. The number of methoxy groups -OCH3 is 1. The van der Waals surface area contributed by atoms with Gasteiger partial charge in [0.15, 0.2) is 11.5 Å². The van der Waals surface area contributed by atoms with Crippen molar-refractivity contribution >= 4 is 0 Å². The van der Waals surface area contributed by atoms with Gasteiger partial charge in [-0.3, -0.25) is 9.80 Å². The molecule has 0 saturated carbocycles. The van der Waals surface area contributed by atoms with E-state index in [2.05, 4.69) is 23.6 Å². The molecular weight excluding hydrogens is 292 g/mol. The van der Waals surface area contributed by atoms with E-state index >= 15 is 0 Å². The molecule has 0 aliphatic carbocycles. The van der Waals surface area contributed by atoms with Crippen LogP contribution < -0.4 is 9.47 Å². The highest BCUT2D eigenvalue weighted by molar-refractivity contribution is 5.39. The van der Waals surface area contributed by atoms with Gasteiger partial charge >= 0.3 is 0 Å². The Morgan fingerprint density at radius 2 is 1.78 bits per heavy atom. The Morgan fingerprint density at radius 1 is 1.13 bits per heavy atom. The first kappa shape index (κ1) is 16.6. The van der Waals surface area contributed by atoms with E-state index < -0.39 is 0 Å². The second-order valence-electron chi connectivity index (χ2n) is 7.00. The standard InChI is InChI=1S/C18H28N2O3/c1-18(2,20-8-10-22-11-9-20)14-19-12-15(13-19)23-17-7-5-4-6-16(17)21-3/h4-7,15H,8-14H2,1-3H3. The molecule has 0 unspecified atom stereocenters. The fourth-order valence-corrected chi connectivity index (χ4v) is 3.44. The number of nitrogens with zero attached hydrogens (tertiary/aromatic N) is 2. The van der Waals surface area contributed by atoms with Gasteiger partial charge in [-0.05, 0) is 26.0 Å². The topological polar surface area (TPSA) is 34.2 Å². The second-order valence-corrected chi connectivity index (χ2v) is 7.00. The Morgan fingerprint density at radius 3 is 2.43 bits per heavy atom. The van der Waals surface area contributed by atoms with Crippen LogP contribution in [0.15, 0.2) is 24.3 Å². The van der Waals surface area contributed by atoms with Gasteiger partial charge in [-0.1, -0.05) is 12.1 Å². The van der Waals surface area contributed by atoms with Crippen molar-refractivity contribution in [1.82, 2.24) is 9.80 Å². The molecule has 0 N–H and O–H groups in total. The summed E-state index contributed by atoms with van der Waals surface area (Å²) in [4.78, 5) is 5.00. The fourth-order valence-electron chi connectivity index (χ4n) is 3.44. The lowest BCUT2D eigenvalue weighted by molar-refractivity contribution is -0.0499. The van der Waals surface area contributed by atoms with Crippen LogP contribution in [0.5, 0.6) is 11.5 Å². The summed E-state index contributed by atoms with van der Waals surface area (Å²) in [5.41, 5.74) is 0.180. The van der Waals surface area contributed by atoms with E-state index in [1.807, 2.05) is 24.3 Å². The summed E-state index contributed by atoms with van der Waals surface area (Å²) < 4.78 is 16.9. The summed E-state index contributed by atoms with van der Waals surface area (Å²) in [6.07, 6.45) is 0.256. The quantitative estimate of drug-likeness (QED) is 0.799. The van der Waals surface area contributed by atoms with Crippen molar-refractivity contribution in [3.63, 3.8) is 0 Å². The molecule has 2 fully saturated rings. The van der Waals surface area contributed by atoms with Crippen molar-refractivity contribution in [2.24, 2.45) is 0 Å². The average Bonchev–Trinajstić information content (AvgIpc) is 2.54. The van der Waals surface area contributed by atoms with Gasteiger partial charge < -0.3 is 14.2 Å². The first-order valence-electron chi connectivity index (χ1n) is 8.43. The molecule has 0 amide bonds. The number of para-hydroxylation sites is 2. The Balaban J connectivity index is 1.47. The molecule has 5 nitrogen and oxygen atoms in total. The molecule has 0 radical (unpaired) electrons. The van der Waals surface area contributed by atoms with Gasteiger partial charge in [0, 0.05) is 38.3 Å². The van der Waals surface area contributed by atoms with Gasteiger partial charge in [0.05, 0.1) is 20.3 Å². The first-order valence-corrected chi connectivity index (χ1v) is 8.43. The molecule has 0 spiro atoms. The van der Waals surface area contributed by atoms with Crippen molar-refractivity contribution in [2.45, 2.75) is 25.5 Å². The van der Waals surface area contributed by atoms with Crippen LogP contribution in [0, 0.1) is 0 Å². The highest BCUT2D eigenvalue weighted by Crippen LogP contribution is 2.29. The van der Waals surface area contributed by atoms with E-state index in [1.54, 1.807) is 7.11 Å². The zero-order valence-electron chi connectivity index (χ0n) is 14.5. The predicted octanol–water partition coefficient (Wildman–Crippen LogP) is 1.87. The van der Waals surface area contributed by atoms with E-state index in [0.29, 0.717) is 0 Å². The number of rotatable bonds is 6. The molecule has 1 aromatic carbocycles. The summed E-state index contributed by atoms with van der Waals surface area (Å²) in [5.74, 6) is 1.65. The summed E-state index contributed by atoms with van der Waals surface area (Å²) in [5, 5.41) is 0. The molecule has 2 heterocycles. The number of ether oxygens (including phenoxy) is 3. The Kier molecular flexibility index (Phi) is 5.09. The molecule has 23 heavy (non-hydrogen) atoms. The molecule has 0 bridgehead atoms. The van der Waals surface area contributed by atoms with Gasteiger partial charge in [0.1, 0.15) is 6.10 Å². The normalized spacial score (nSPS) is 21.0. The monoisotopic (exact) mass is 320 g/mol. The van der Waals surface area contributed by atoms with Crippen molar-refractivity contribution in [1.29, 1.82) is 0 Å². The lowest BCUT2D eigenvalue weighted by Crippen LogP contribution is -2.62. The van der Waals surface area contributed by atoms with Gasteiger partial charge in [0.2, 0.25) is 0 Å². The van der Waals surface area contributed by atoms with Crippen LogP contribution in [0.4, 0.5) is 0 Å². The van der Waals surface area contributed by atoms with Gasteiger partial charge in [0.25, 0.3) is 0 Å². The highest BCUT2D eigenvalue weighted by atomic mass is 16.5. The molecule has 5 heteroatoms. The zero-order valence-corrected chi connectivity index (χ0v) is 14.5. The van der Waals surface area contributed by atoms with Crippen LogP contribution in [0.25, 0.3) is 0 Å². The van der Waals surface area contributed by atoms with E-state index in [1.165, 1.54) is 0 Å². The third-order valence-electron chi connectivity index (χ3n) is 4.76. The van der Waals surface area contributed by atoms with Crippen LogP contribution in [0.2, 0.25) is 0 Å². The Hall–Kier alpha value is -1.30. The number of morpholine rings is 1. The molecule has 2 aliphatic rings. The van der Waals surface area contributed by atoms with Crippen LogP contribution in [0.1, 0.15) is 13.8 Å². The van der Waals surface area contributed by atoms with Crippen LogP contribution in [0.3, 0.4) is 0 Å². The van der Waals surface area contributed by atoms with Gasteiger partial charge in [-0.15, -0.1) is 0 Å². The highest BCUT2D eigenvalue weighted by Gasteiger charge is 2.36. The molecule has 3 rings (SSSR count). The smallest absolute Gasteiger partial charge is 0.161 e. The zero-order chi connectivity index (χ0) is 16.3. The summed E-state index contributed by atoms with van der Waals surface area (Å²) >= 11 is 0. The number of likely N-dealkylation sites (tertiary alicyclic amines) is 1. The molecule has 128 valence electrons. The van der Waals surface area contributed by atoms with E-state index in [-0.39, 0.29) is 11.6 Å². The summed E-state index contributed by atoms with van der Waals surface area (Å²) in [6.45, 7) is 11.4. The third-order valence-corrected chi connectivity index (χ3v) is 4.76. The number of hydrogen-bond acceptors (Lipinski definition) is 5. The van der Waals surface area contributed by atoms with Crippen LogP contribution >= 0.6 is 0 Å². The third kappa shape index (κ3) is 3.97.